The molecule has 0 atom stereocenters. The van der Waals surface area contributed by atoms with E-state index in [1.807, 2.05) is 0 Å². The molecule has 0 amide bonds. The van der Waals surface area contributed by atoms with Crippen LogP contribution in [0.4, 0.5) is 0 Å². The van der Waals surface area contributed by atoms with Gasteiger partial charge in [-0.25, -0.2) is 0 Å². The fourth-order valence-electron chi connectivity index (χ4n) is 0.981. The summed E-state index contributed by atoms with van der Waals surface area (Å²) in [7, 11) is 0. The fraction of sp³-hybridized carbons (Fsp3) is 0.714. The second kappa shape index (κ2) is 2.04. The predicted molar refractivity (Wildman–Crippen MR) is 38.8 cm³/mol. The molecular weight excluding hydrogens is 142 g/mol. The van der Waals surface area contributed by atoms with E-state index in [1.165, 1.54) is 0 Å². The van der Waals surface area contributed by atoms with Crippen molar-refractivity contribution >= 4 is 0 Å². The van der Waals surface area contributed by atoms with Gasteiger partial charge in [-0.15, -0.1) is 10.2 Å². The van der Waals surface area contributed by atoms with Crippen molar-refractivity contribution in [2.24, 2.45) is 5.73 Å². The molecule has 0 unspecified atom stereocenters. The zero-order valence-corrected chi connectivity index (χ0v) is 6.50. The third-order valence-electron chi connectivity index (χ3n) is 2.16. The minimum Gasteiger partial charge on any atom is -0.423 e. The summed E-state index contributed by atoms with van der Waals surface area (Å²) in [6.07, 6.45) is 2.30. The lowest BCUT2D eigenvalue weighted by molar-refractivity contribution is 0.417. The van der Waals surface area contributed by atoms with E-state index >= 15 is 0 Å². The first-order chi connectivity index (χ1) is 5.24. The SMILES string of the molecule is CC1(c2nnc(CN)o2)CC1. The molecule has 4 nitrogen and oxygen atoms in total. The van der Waals surface area contributed by atoms with Gasteiger partial charge in [0.25, 0.3) is 0 Å². The highest BCUT2D eigenvalue weighted by Gasteiger charge is 2.44. The molecule has 1 aliphatic carbocycles. The molecule has 11 heavy (non-hydrogen) atoms. The van der Waals surface area contributed by atoms with Crippen LogP contribution in [0.15, 0.2) is 4.42 Å². The molecule has 1 aliphatic rings. The van der Waals surface area contributed by atoms with Crippen LogP contribution in [0.1, 0.15) is 31.5 Å². The van der Waals surface area contributed by atoms with Crippen molar-refractivity contribution in [3.8, 4) is 0 Å². The molecule has 2 rings (SSSR count). The van der Waals surface area contributed by atoms with Crippen LogP contribution < -0.4 is 5.73 Å². The predicted octanol–water partition coefficient (Wildman–Crippen LogP) is 0.580. The van der Waals surface area contributed by atoms with Gasteiger partial charge in [0.2, 0.25) is 11.8 Å². The molecule has 1 aromatic rings. The summed E-state index contributed by atoms with van der Waals surface area (Å²) in [6, 6.07) is 0. The topological polar surface area (TPSA) is 64.9 Å². The molecule has 2 N–H and O–H groups in total. The van der Waals surface area contributed by atoms with Crippen molar-refractivity contribution in [3.05, 3.63) is 11.8 Å². The van der Waals surface area contributed by atoms with E-state index in [-0.39, 0.29) is 5.41 Å². The molecule has 60 valence electrons. The maximum Gasteiger partial charge on any atom is 0.230 e. The summed E-state index contributed by atoms with van der Waals surface area (Å²) in [6.45, 7) is 2.46. The molecule has 0 saturated heterocycles. The van der Waals surface area contributed by atoms with Crippen LogP contribution in [0.2, 0.25) is 0 Å². The van der Waals surface area contributed by atoms with Gasteiger partial charge in [0.1, 0.15) is 0 Å². The molecular formula is C7H11N3O. The average molecular weight is 153 g/mol. The summed E-state index contributed by atoms with van der Waals surface area (Å²) in [5.41, 5.74) is 5.50. The molecule has 0 bridgehead atoms. The Hall–Kier alpha value is -0.900. The molecule has 0 aliphatic heterocycles. The number of hydrogen-bond donors (Lipinski definition) is 1. The zero-order chi connectivity index (χ0) is 7.90. The van der Waals surface area contributed by atoms with Gasteiger partial charge < -0.3 is 10.2 Å². The smallest absolute Gasteiger partial charge is 0.230 e. The largest absolute Gasteiger partial charge is 0.423 e. The quantitative estimate of drug-likeness (QED) is 0.675. The lowest BCUT2D eigenvalue weighted by atomic mass is 10.1. The molecule has 1 saturated carbocycles. The Balaban J connectivity index is 2.25. The standard InChI is InChI=1S/C7H11N3O/c1-7(2-3-7)6-10-9-5(4-8)11-6/h2-4,8H2,1H3. The van der Waals surface area contributed by atoms with Gasteiger partial charge in [-0.2, -0.15) is 0 Å². The van der Waals surface area contributed by atoms with Gasteiger partial charge in [0.05, 0.1) is 6.54 Å². The average Bonchev–Trinajstić information content (AvgIpc) is 2.61. The Labute approximate surface area is 64.8 Å². The lowest BCUT2D eigenvalue weighted by Gasteiger charge is -1.97. The van der Waals surface area contributed by atoms with E-state index in [4.69, 9.17) is 10.2 Å². The molecule has 0 radical (unpaired) electrons. The number of rotatable bonds is 2. The molecule has 1 aromatic heterocycles. The van der Waals surface area contributed by atoms with E-state index in [9.17, 15) is 0 Å². The minimum absolute atomic E-state index is 0.167. The Morgan fingerprint density at radius 3 is 2.73 bits per heavy atom. The van der Waals surface area contributed by atoms with Gasteiger partial charge >= 0.3 is 0 Å². The van der Waals surface area contributed by atoms with Crippen LogP contribution in [0.5, 0.6) is 0 Å². The second-order valence-corrected chi connectivity index (χ2v) is 3.27. The summed E-state index contributed by atoms with van der Waals surface area (Å²) in [5, 5.41) is 7.72. The van der Waals surface area contributed by atoms with Crippen molar-refractivity contribution in [2.75, 3.05) is 0 Å². The first kappa shape index (κ1) is 6.79. The maximum absolute atomic E-state index is 5.33. The van der Waals surface area contributed by atoms with Gasteiger partial charge in [0.15, 0.2) is 0 Å². The van der Waals surface area contributed by atoms with Crippen LogP contribution in [-0.4, -0.2) is 10.2 Å². The van der Waals surface area contributed by atoms with Crippen molar-refractivity contribution in [2.45, 2.75) is 31.7 Å². The van der Waals surface area contributed by atoms with Gasteiger partial charge in [0, 0.05) is 5.41 Å². The zero-order valence-electron chi connectivity index (χ0n) is 6.50. The normalized spacial score (nSPS) is 20.2. The maximum atomic E-state index is 5.33. The molecule has 0 aromatic carbocycles. The van der Waals surface area contributed by atoms with Gasteiger partial charge in [-0.1, -0.05) is 6.92 Å². The summed E-state index contributed by atoms with van der Waals surface area (Å²) >= 11 is 0. The summed E-state index contributed by atoms with van der Waals surface area (Å²) in [4.78, 5) is 0. The van der Waals surface area contributed by atoms with Gasteiger partial charge in [-0.05, 0) is 12.8 Å². The first-order valence-electron chi connectivity index (χ1n) is 3.77. The first-order valence-corrected chi connectivity index (χ1v) is 3.77. The molecule has 0 spiro atoms. The Kier molecular flexibility index (Phi) is 1.26. The summed E-state index contributed by atoms with van der Waals surface area (Å²) < 4.78 is 5.31. The van der Waals surface area contributed by atoms with Crippen molar-refractivity contribution < 1.29 is 4.42 Å². The van der Waals surface area contributed by atoms with Crippen molar-refractivity contribution in [1.82, 2.24) is 10.2 Å². The van der Waals surface area contributed by atoms with Gasteiger partial charge in [-0.3, -0.25) is 0 Å². The number of nitrogens with two attached hydrogens (primary N) is 1. The third-order valence-corrected chi connectivity index (χ3v) is 2.16. The van der Waals surface area contributed by atoms with E-state index < -0.39 is 0 Å². The highest BCUT2D eigenvalue weighted by atomic mass is 16.4. The number of hydrogen-bond acceptors (Lipinski definition) is 4. The highest BCUT2D eigenvalue weighted by Crippen LogP contribution is 2.46. The molecule has 4 heteroatoms. The van der Waals surface area contributed by atoms with E-state index in [0.29, 0.717) is 12.4 Å². The van der Waals surface area contributed by atoms with Crippen molar-refractivity contribution in [1.29, 1.82) is 0 Å². The Morgan fingerprint density at radius 1 is 1.55 bits per heavy atom. The van der Waals surface area contributed by atoms with Crippen LogP contribution in [0.3, 0.4) is 0 Å². The number of nitrogens with zero attached hydrogens (tertiary/aromatic N) is 2. The summed E-state index contributed by atoms with van der Waals surface area (Å²) in [5.74, 6) is 1.28. The molecule has 1 fully saturated rings. The fourth-order valence-corrected chi connectivity index (χ4v) is 0.981. The van der Waals surface area contributed by atoms with E-state index in [2.05, 4.69) is 17.1 Å². The minimum atomic E-state index is 0.167. The highest BCUT2D eigenvalue weighted by molar-refractivity contribution is 5.11. The van der Waals surface area contributed by atoms with Crippen LogP contribution in [0.25, 0.3) is 0 Å². The monoisotopic (exact) mass is 153 g/mol. The molecule has 1 heterocycles. The van der Waals surface area contributed by atoms with Crippen LogP contribution in [-0.2, 0) is 12.0 Å². The van der Waals surface area contributed by atoms with Crippen molar-refractivity contribution in [3.63, 3.8) is 0 Å². The lowest BCUT2D eigenvalue weighted by Crippen LogP contribution is -1.99. The van der Waals surface area contributed by atoms with E-state index in [0.717, 1.165) is 18.7 Å². The second-order valence-electron chi connectivity index (χ2n) is 3.27. The van der Waals surface area contributed by atoms with E-state index in [1.54, 1.807) is 0 Å². The number of aromatic nitrogens is 2. The van der Waals surface area contributed by atoms with Crippen LogP contribution in [0, 0.1) is 0 Å². The van der Waals surface area contributed by atoms with Crippen LogP contribution >= 0.6 is 0 Å². The Morgan fingerprint density at radius 2 is 2.27 bits per heavy atom. The third kappa shape index (κ3) is 1.03. The Bertz CT molecular complexity index is 264.